The van der Waals surface area contributed by atoms with Gasteiger partial charge in [-0.3, -0.25) is 9.59 Å². The molecule has 0 aliphatic carbocycles. The van der Waals surface area contributed by atoms with Crippen LogP contribution in [0.15, 0.2) is 51.7 Å². The van der Waals surface area contributed by atoms with Gasteiger partial charge >= 0.3 is 5.97 Å². The van der Waals surface area contributed by atoms with Gasteiger partial charge < -0.3 is 14.1 Å². The van der Waals surface area contributed by atoms with E-state index in [-0.39, 0.29) is 17.3 Å². The quantitative estimate of drug-likeness (QED) is 0.570. The zero-order valence-corrected chi connectivity index (χ0v) is 17.0. The number of fused-ring (bicyclic) bond motifs is 4. The molecule has 0 spiro atoms. The van der Waals surface area contributed by atoms with E-state index in [0.717, 1.165) is 16.8 Å². The third-order valence-electron chi connectivity index (χ3n) is 6.26. The van der Waals surface area contributed by atoms with Crippen LogP contribution in [0.5, 0.6) is 0 Å². The maximum atomic E-state index is 13.6. The van der Waals surface area contributed by atoms with E-state index < -0.39 is 11.5 Å². The molecule has 0 saturated carbocycles. The highest BCUT2D eigenvalue weighted by molar-refractivity contribution is 5.89. The van der Waals surface area contributed by atoms with Crippen molar-refractivity contribution in [1.82, 2.24) is 0 Å². The van der Waals surface area contributed by atoms with Crippen LogP contribution in [0.2, 0.25) is 0 Å². The van der Waals surface area contributed by atoms with Crippen LogP contribution in [-0.4, -0.2) is 18.1 Å². The number of hydrogen-bond acceptors (Lipinski definition) is 5. The van der Waals surface area contributed by atoms with E-state index in [0.29, 0.717) is 29.0 Å². The first-order chi connectivity index (χ1) is 13.8. The lowest BCUT2D eigenvalue weighted by molar-refractivity contribution is -0.147. The molecule has 148 valence electrons. The Labute approximate surface area is 168 Å². The number of anilines is 2. The van der Waals surface area contributed by atoms with E-state index in [9.17, 15) is 9.59 Å². The predicted octanol–water partition coefficient (Wildman–Crippen LogP) is 4.60. The van der Waals surface area contributed by atoms with Crippen molar-refractivity contribution in [3.8, 4) is 0 Å². The fraction of sp³-hybridized carbons (Fsp3) is 0.333. The minimum absolute atomic E-state index is 0.144. The Hall–Kier alpha value is -3.08. The van der Waals surface area contributed by atoms with Crippen molar-refractivity contribution in [3.05, 3.63) is 69.4 Å². The van der Waals surface area contributed by atoms with E-state index in [1.165, 1.54) is 0 Å². The Kier molecular flexibility index (Phi) is 3.69. The van der Waals surface area contributed by atoms with Gasteiger partial charge in [-0.1, -0.05) is 29.3 Å². The highest BCUT2D eigenvalue weighted by Crippen LogP contribution is 2.50. The third kappa shape index (κ3) is 2.60. The lowest BCUT2D eigenvalue weighted by atomic mass is 9.76. The summed E-state index contributed by atoms with van der Waals surface area (Å²) in [6, 6.07) is 13.7. The molecule has 2 aliphatic heterocycles. The van der Waals surface area contributed by atoms with Crippen LogP contribution in [0, 0.1) is 19.8 Å². The van der Waals surface area contributed by atoms with Crippen LogP contribution in [0.3, 0.4) is 0 Å². The van der Waals surface area contributed by atoms with Crippen LogP contribution in [0.25, 0.3) is 11.0 Å². The fourth-order valence-electron chi connectivity index (χ4n) is 4.62. The van der Waals surface area contributed by atoms with Gasteiger partial charge in [-0.05, 0) is 52.0 Å². The molecule has 3 aromatic rings. The van der Waals surface area contributed by atoms with Crippen LogP contribution < -0.4 is 10.3 Å². The number of rotatable bonds is 1. The van der Waals surface area contributed by atoms with Gasteiger partial charge in [0.05, 0.1) is 16.9 Å². The van der Waals surface area contributed by atoms with E-state index in [1.807, 2.05) is 75.1 Å². The van der Waals surface area contributed by atoms with E-state index in [2.05, 4.69) is 0 Å². The molecule has 5 heteroatoms. The summed E-state index contributed by atoms with van der Waals surface area (Å²) >= 11 is 0. The molecule has 1 saturated heterocycles. The molecule has 29 heavy (non-hydrogen) atoms. The van der Waals surface area contributed by atoms with Gasteiger partial charge in [0.1, 0.15) is 11.2 Å². The van der Waals surface area contributed by atoms with Gasteiger partial charge in [0, 0.05) is 18.2 Å². The number of nitrogens with zero attached hydrogens (tertiary/aromatic N) is 1. The number of carbonyl (C=O) groups is 1. The highest BCUT2D eigenvalue weighted by atomic mass is 16.6. The molecule has 0 amide bonds. The van der Waals surface area contributed by atoms with E-state index in [1.54, 1.807) is 0 Å². The highest BCUT2D eigenvalue weighted by Gasteiger charge is 2.56. The van der Waals surface area contributed by atoms with Crippen molar-refractivity contribution in [2.75, 3.05) is 11.4 Å². The SMILES string of the molecule is Cc1ccc(N2C[C@H]3[C@H](C(=O)OC3(C)C)c3c2oc2ccc(C)cc2c3=O)cc1. The van der Waals surface area contributed by atoms with Crippen molar-refractivity contribution < 1.29 is 13.9 Å². The normalized spacial score (nSPS) is 22.3. The zero-order chi connectivity index (χ0) is 20.5. The van der Waals surface area contributed by atoms with Crippen molar-refractivity contribution in [2.24, 2.45) is 5.92 Å². The lowest BCUT2D eigenvalue weighted by Gasteiger charge is -2.38. The second-order valence-corrected chi connectivity index (χ2v) is 8.70. The number of carbonyl (C=O) groups excluding carboxylic acids is 1. The average Bonchev–Trinajstić information content (AvgIpc) is 2.91. The molecule has 1 aromatic heterocycles. The Morgan fingerprint density at radius 3 is 2.41 bits per heavy atom. The number of hydrogen-bond donors (Lipinski definition) is 0. The van der Waals surface area contributed by atoms with Gasteiger partial charge in [-0.25, -0.2) is 0 Å². The number of aryl methyl sites for hydroxylation is 2. The number of ether oxygens (including phenoxy) is 1. The summed E-state index contributed by atoms with van der Waals surface area (Å²) in [5.41, 5.74) is 3.19. The minimum Gasteiger partial charge on any atom is -0.459 e. The van der Waals surface area contributed by atoms with Gasteiger partial charge in [0.15, 0.2) is 5.43 Å². The van der Waals surface area contributed by atoms with E-state index >= 15 is 0 Å². The summed E-state index contributed by atoms with van der Waals surface area (Å²) in [7, 11) is 0. The van der Waals surface area contributed by atoms with Crippen LogP contribution >= 0.6 is 0 Å². The largest absolute Gasteiger partial charge is 0.459 e. The molecule has 2 aromatic carbocycles. The maximum absolute atomic E-state index is 13.6. The van der Waals surface area contributed by atoms with E-state index in [4.69, 9.17) is 9.15 Å². The topological polar surface area (TPSA) is 59.8 Å². The minimum atomic E-state index is -0.656. The molecule has 2 aliphatic rings. The Morgan fingerprint density at radius 2 is 1.69 bits per heavy atom. The van der Waals surface area contributed by atoms with Gasteiger partial charge in [-0.2, -0.15) is 0 Å². The summed E-state index contributed by atoms with van der Waals surface area (Å²) in [5, 5.41) is 0.505. The number of esters is 1. The maximum Gasteiger partial charge on any atom is 0.314 e. The van der Waals surface area contributed by atoms with Crippen LogP contribution in [-0.2, 0) is 9.53 Å². The summed E-state index contributed by atoms with van der Waals surface area (Å²) < 4.78 is 12.0. The van der Waals surface area contributed by atoms with Gasteiger partial charge in [0.25, 0.3) is 0 Å². The predicted molar refractivity (Wildman–Crippen MR) is 112 cm³/mol. The van der Waals surface area contributed by atoms with Gasteiger partial charge in [0.2, 0.25) is 5.88 Å². The molecule has 0 bridgehead atoms. The average molecular weight is 389 g/mol. The van der Waals surface area contributed by atoms with Crippen LogP contribution in [0.1, 0.15) is 36.5 Å². The van der Waals surface area contributed by atoms with Crippen molar-refractivity contribution >= 4 is 28.5 Å². The summed E-state index contributed by atoms with van der Waals surface area (Å²) in [6.07, 6.45) is 0. The molecule has 0 N–H and O–H groups in total. The van der Waals surface area contributed by atoms with Crippen molar-refractivity contribution in [1.29, 1.82) is 0 Å². The lowest BCUT2D eigenvalue weighted by Crippen LogP contribution is -2.43. The molecule has 0 radical (unpaired) electrons. The van der Waals surface area contributed by atoms with Crippen LogP contribution in [0.4, 0.5) is 11.6 Å². The molecule has 0 unspecified atom stereocenters. The smallest absolute Gasteiger partial charge is 0.314 e. The molecular formula is C24H23NO4. The molecule has 3 heterocycles. The Morgan fingerprint density at radius 1 is 1.00 bits per heavy atom. The first kappa shape index (κ1) is 18.0. The fourth-order valence-corrected chi connectivity index (χ4v) is 4.62. The summed E-state index contributed by atoms with van der Waals surface area (Å²) in [6.45, 7) is 8.35. The number of cyclic esters (lactones) is 1. The van der Waals surface area contributed by atoms with Crippen molar-refractivity contribution in [3.63, 3.8) is 0 Å². The first-order valence-electron chi connectivity index (χ1n) is 9.91. The first-order valence-corrected chi connectivity index (χ1v) is 9.91. The Balaban J connectivity index is 1.82. The molecule has 5 rings (SSSR count). The number of benzene rings is 2. The molecule has 5 nitrogen and oxygen atoms in total. The monoisotopic (exact) mass is 389 g/mol. The molecule has 1 fully saturated rings. The Bertz CT molecular complexity index is 1210. The van der Waals surface area contributed by atoms with Gasteiger partial charge in [-0.15, -0.1) is 0 Å². The second-order valence-electron chi connectivity index (χ2n) is 8.70. The molecule has 2 atom stereocenters. The van der Waals surface area contributed by atoms with Crippen molar-refractivity contribution in [2.45, 2.75) is 39.2 Å². The summed E-state index contributed by atoms with van der Waals surface area (Å²) in [4.78, 5) is 28.4. The molecular weight excluding hydrogens is 366 g/mol. The second kappa shape index (κ2) is 5.96. The summed E-state index contributed by atoms with van der Waals surface area (Å²) in [5.74, 6) is -0.646. The third-order valence-corrected chi connectivity index (χ3v) is 6.26. The standard InChI is InChI=1S/C24H23NO4/c1-13-5-8-15(9-6-13)25-12-17-19(23(27)29-24(17,3)4)20-21(26)16-11-14(2)7-10-18(16)28-22(20)25/h5-11,17,19H,12H2,1-4H3/t17-,19-/m0/s1. The zero-order valence-electron chi connectivity index (χ0n) is 17.0.